The summed E-state index contributed by atoms with van der Waals surface area (Å²) in [6.45, 7) is 8.46. The molecule has 3 heteroatoms. The molecule has 26 aliphatic rings. The van der Waals surface area contributed by atoms with Gasteiger partial charge >= 0.3 is 7.12 Å². The van der Waals surface area contributed by atoms with Gasteiger partial charge in [-0.25, -0.2) is 0 Å². The molecule has 0 spiro atoms. The Morgan fingerprint density at radius 2 is 0.413 bits per heavy atom. The van der Waals surface area contributed by atoms with Gasteiger partial charge in [-0.2, -0.15) is 0 Å². The van der Waals surface area contributed by atoms with E-state index in [1.54, 1.807) is 0 Å². The molecule has 0 saturated carbocycles. The molecular formula is C60H47BO2. The zero-order valence-electron chi connectivity index (χ0n) is 36.1. The highest BCUT2D eigenvalue weighted by molar-refractivity contribution is 6.62. The normalized spacial score (nSPS) is 14.4. The molecule has 0 amide bonds. The summed E-state index contributed by atoms with van der Waals surface area (Å²) in [4.78, 5) is 0. The van der Waals surface area contributed by atoms with E-state index in [1.807, 2.05) is 0 Å². The van der Waals surface area contributed by atoms with Gasteiger partial charge in [-0.15, -0.1) is 0 Å². The quantitative estimate of drug-likeness (QED) is 0.154. The second kappa shape index (κ2) is 15.4. The van der Waals surface area contributed by atoms with Crippen molar-refractivity contribution in [3.8, 4) is 0 Å². The minimum Gasteiger partial charge on any atom is -0.399 e. The number of rotatable bonds is 1. The van der Waals surface area contributed by atoms with Crippen LogP contribution in [-0.4, -0.2) is 18.3 Å². The van der Waals surface area contributed by atoms with Crippen LogP contribution in [0, 0.1) is 93.9 Å². The summed E-state index contributed by atoms with van der Waals surface area (Å²) >= 11 is 0. The van der Waals surface area contributed by atoms with Crippen molar-refractivity contribution in [2.75, 3.05) is 0 Å². The largest absolute Gasteiger partial charge is 0.495 e. The van der Waals surface area contributed by atoms with E-state index in [-0.39, 0.29) is 0 Å². The first kappa shape index (κ1) is 38.9. The Kier molecular flexibility index (Phi) is 9.50. The maximum absolute atomic E-state index is 6.70. The van der Waals surface area contributed by atoms with Gasteiger partial charge in [0.05, 0.1) is 11.2 Å². The van der Waals surface area contributed by atoms with Gasteiger partial charge in [0.1, 0.15) is 0 Å². The first-order valence-electron chi connectivity index (χ1n) is 22.0. The Balaban J connectivity index is 1.14. The molecule has 9 aromatic carbocycles. The van der Waals surface area contributed by atoms with E-state index in [9.17, 15) is 0 Å². The smallest absolute Gasteiger partial charge is 0.399 e. The lowest BCUT2D eigenvalue weighted by Crippen LogP contribution is -2.41. The fourth-order valence-corrected chi connectivity index (χ4v) is 9.00. The van der Waals surface area contributed by atoms with Gasteiger partial charge in [-0.1, -0.05) is 212 Å². The Morgan fingerprint density at radius 1 is 0.238 bits per heavy atom. The van der Waals surface area contributed by atoms with E-state index in [2.05, 4.69) is 240 Å². The average Bonchev–Trinajstić information content (AvgIpc) is 3.57. The van der Waals surface area contributed by atoms with E-state index in [0.29, 0.717) is 0 Å². The van der Waals surface area contributed by atoms with Crippen LogP contribution < -0.4 is 5.46 Å². The van der Waals surface area contributed by atoms with E-state index in [0.717, 1.165) is 26.3 Å². The first-order chi connectivity index (χ1) is 30.6. The fourth-order valence-electron chi connectivity index (χ4n) is 9.00. The molecule has 0 unspecified atom stereocenters. The van der Waals surface area contributed by atoms with Crippen LogP contribution in [0.15, 0.2) is 212 Å². The van der Waals surface area contributed by atoms with E-state index < -0.39 is 18.3 Å². The zero-order valence-corrected chi connectivity index (χ0v) is 36.1. The topological polar surface area (TPSA) is 18.5 Å². The Hall–Kier alpha value is -7.04. The van der Waals surface area contributed by atoms with Crippen molar-refractivity contribution in [2.45, 2.75) is 38.9 Å². The highest BCUT2D eigenvalue weighted by Gasteiger charge is 2.52. The highest BCUT2D eigenvalue weighted by Crippen LogP contribution is 2.36. The van der Waals surface area contributed by atoms with Crippen LogP contribution in [0.5, 0.6) is 0 Å². The molecule has 0 N–H and O–H groups in total. The van der Waals surface area contributed by atoms with Crippen LogP contribution in [0.1, 0.15) is 27.7 Å². The summed E-state index contributed by atoms with van der Waals surface area (Å²) < 4.78 is 13.4. The molecule has 0 aromatic heterocycles. The molecule has 0 atom stereocenters. The van der Waals surface area contributed by atoms with Gasteiger partial charge in [-0.3, -0.25) is 0 Å². The van der Waals surface area contributed by atoms with Gasteiger partial charge < -0.3 is 9.31 Å². The Bertz CT molecular complexity index is 4050. The van der Waals surface area contributed by atoms with E-state index in [4.69, 9.17) is 9.31 Å². The fraction of sp³-hybridized carbons (Fsp3) is 0.100. The molecule has 302 valence electrons. The summed E-state index contributed by atoms with van der Waals surface area (Å²) in [5.74, 6) is 0. The van der Waals surface area contributed by atoms with Crippen molar-refractivity contribution < 1.29 is 9.31 Å². The summed E-state index contributed by atoms with van der Waals surface area (Å²) in [5.41, 5.74) is 0.102. The molecule has 18 bridgehead atoms. The zero-order chi connectivity index (χ0) is 42.7. The van der Waals surface area contributed by atoms with Crippen LogP contribution in [0.25, 0.3) is 0 Å². The molecule has 2 nitrogen and oxygen atoms in total. The number of hydrogen-bond donors (Lipinski definition) is 0. The average molecular weight is 811 g/mol. The summed E-state index contributed by atoms with van der Waals surface area (Å²) in [7, 11) is -0.506. The van der Waals surface area contributed by atoms with Crippen LogP contribution in [0.2, 0.25) is 0 Å². The molecule has 1 aliphatic heterocycles. The monoisotopic (exact) mass is 810 g/mol. The van der Waals surface area contributed by atoms with Gasteiger partial charge in [0.15, 0.2) is 0 Å². The molecule has 25 aliphatic carbocycles. The third kappa shape index (κ3) is 7.34. The first-order valence-corrected chi connectivity index (χ1v) is 22.0. The second-order valence-electron chi connectivity index (χ2n) is 18.0. The Labute approximate surface area is 365 Å². The van der Waals surface area contributed by atoms with Crippen molar-refractivity contribution in [1.29, 1.82) is 0 Å². The van der Waals surface area contributed by atoms with Gasteiger partial charge in [-0.05, 0) is 127 Å². The summed E-state index contributed by atoms with van der Waals surface area (Å²) in [6, 6.07) is 77.8. The van der Waals surface area contributed by atoms with Gasteiger partial charge in [0.25, 0.3) is 0 Å². The van der Waals surface area contributed by atoms with Crippen LogP contribution in [0.4, 0.5) is 0 Å². The maximum atomic E-state index is 6.70. The van der Waals surface area contributed by atoms with Gasteiger partial charge in [0.2, 0.25) is 0 Å². The van der Waals surface area contributed by atoms with Gasteiger partial charge in [0, 0.05) is 0 Å². The van der Waals surface area contributed by atoms with Crippen LogP contribution in [0.3, 0.4) is 0 Å². The molecule has 63 heavy (non-hydrogen) atoms. The van der Waals surface area contributed by atoms with Crippen molar-refractivity contribution in [3.63, 3.8) is 0 Å². The van der Waals surface area contributed by atoms with Crippen molar-refractivity contribution in [1.82, 2.24) is 0 Å². The molecular weight excluding hydrogens is 763 g/mol. The van der Waals surface area contributed by atoms with E-state index >= 15 is 0 Å². The second-order valence-corrected chi connectivity index (χ2v) is 18.0. The molecule has 1 saturated heterocycles. The minimum absolute atomic E-state index is 0.463. The third-order valence-corrected chi connectivity index (χ3v) is 13.6. The molecule has 9 aromatic rings. The molecule has 1 heterocycles. The summed E-state index contributed by atoms with van der Waals surface area (Å²) in [6.07, 6.45) is 0. The lowest BCUT2D eigenvalue weighted by molar-refractivity contribution is 0.00578. The lowest BCUT2D eigenvalue weighted by Gasteiger charge is -2.32. The van der Waals surface area contributed by atoms with Crippen molar-refractivity contribution in [3.05, 3.63) is 306 Å². The predicted molar refractivity (Wildman–Crippen MR) is 253 cm³/mol. The SMILES string of the molecule is CC1(C)OB(c2cc3ccc2=c2ccc(cc2)=c2ccc(cc2)=c2ccc(cc2)=c2ccc(cc2)=c2ccc(cc2)=c2ccc(cc2)=c2ccc(cc2)=c2ccc=3cc2)OC1(C)C. The van der Waals surface area contributed by atoms with Crippen molar-refractivity contribution >= 4 is 12.6 Å². The number of benzene rings is 9. The molecule has 1 fully saturated rings. The standard InChI is InChI=1S/C60H47BO2/c1-59(2)60(3,4)63-61(62-59)58-39-56-37-38-57(58)55-35-33-53(34-36-55)51-27-25-49(26-28-51)47-19-17-45(18-20-47)43-11-9-41(10-12-43)40-5-7-42(8-6-40)44-13-15-46(16-14-44)48-21-23-50(24-22-48)52-29-31-54(56)32-30-52/h5-39H,1-4H3. The highest BCUT2D eigenvalue weighted by atomic mass is 16.7. The van der Waals surface area contributed by atoms with Crippen molar-refractivity contribution in [2.24, 2.45) is 0 Å². The maximum Gasteiger partial charge on any atom is 0.495 e. The van der Waals surface area contributed by atoms with Crippen LogP contribution >= 0.6 is 0 Å². The third-order valence-electron chi connectivity index (χ3n) is 13.6. The predicted octanol–water partition coefficient (Wildman–Crippen LogP) is 11.9. The number of hydrogen-bond acceptors (Lipinski definition) is 2. The Morgan fingerprint density at radius 3 is 0.635 bits per heavy atom. The van der Waals surface area contributed by atoms with E-state index in [1.165, 1.54) is 73.1 Å². The minimum atomic E-state index is -0.506. The molecule has 0 radical (unpaired) electrons. The molecule has 35 rings (SSSR count). The lowest BCUT2D eigenvalue weighted by atomic mass is 9.77. The summed E-state index contributed by atoms with van der Waals surface area (Å²) in [5, 5.41) is 21.2. The van der Waals surface area contributed by atoms with Crippen LogP contribution in [-0.2, 0) is 9.31 Å².